The van der Waals surface area contributed by atoms with Gasteiger partial charge in [-0.3, -0.25) is 0 Å². The van der Waals surface area contributed by atoms with Crippen LogP contribution in [0, 0.1) is 29.6 Å². The van der Waals surface area contributed by atoms with Crippen LogP contribution in [0.15, 0.2) is 51.4 Å². The first-order valence-corrected chi connectivity index (χ1v) is 10.8. The first-order chi connectivity index (χ1) is 14.3. The van der Waals surface area contributed by atoms with Crippen LogP contribution in [-0.2, 0) is 6.42 Å². The molecule has 152 valence electrons. The molecule has 0 saturated carbocycles. The lowest BCUT2D eigenvalue weighted by Gasteiger charge is -2.12. The Labute approximate surface area is 201 Å². The van der Waals surface area contributed by atoms with Gasteiger partial charge in [-0.1, -0.05) is 53.5 Å². The quantitative estimate of drug-likeness (QED) is 0.373. The summed E-state index contributed by atoms with van der Waals surface area (Å²) in [5, 5.41) is 28.1. The van der Waals surface area contributed by atoms with Gasteiger partial charge in [0.1, 0.15) is 22.4 Å². The van der Waals surface area contributed by atoms with Gasteiger partial charge in [-0.15, -0.1) is 0 Å². The molecule has 0 spiro atoms. The van der Waals surface area contributed by atoms with Crippen LogP contribution in [0.4, 0.5) is 0 Å². The monoisotopic (exact) mass is 566 g/mol. The van der Waals surface area contributed by atoms with E-state index in [0.29, 0.717) is 31.8 Å². The van der Waals surface area contributed by atoms with E-state index in [1.54, 1.807) is 12.1 Å². The molecule has 1 unspecified atom stereocenters. The van der Waals surface area contributed by atoms with Crippen LogP contribution in [0.5, 0.6) is 0 Å². The van der Waals surface area contributed by atoms with Gasteiger partial charge in [-0.05, 0) is 67.6 Å². The standard InChI is InChI=1S/C14H10BrClN2O.C7H4BrClN2/c15-11-6-10(14(16)18-12(11)8-17)7-13(19)9-4-2-1-3-5-9;1-4-2-5(8)6(3-10)11-7(4)9/h1-6,13,19H,7H2;2H,1H3. The van der Waals surface area contributed by atoms with E-state index in [1.165, 1.54) is 0 Å². The second-order valence-corrected chi connectivity index (χ2v) is 8.47. The average molecular weight is 569 g/mol. The summed E-state index contributed by atoms with van der Waals surface area (Å²) in [5.74, 6) is 0. The molecule has 3 aromatic rings. The third-order valence-corrected chi connectivity index (χ3v) is 5.84. The Balaban J connectivity index is 0.000000248. The van der Waals surface area contributed by atoms with Gasteiger partial charge in [0.05, 0.1) is 15.0 Å². The minimum Gasteiger partial charge on any atom is -0.388 e. The van der Waals surface area contributed by atoms with Crippen LogP contribution >= 0.6 is 55.1 Å². The minimum atomic E-state index is -0.652. The molecule has 3 rings (SSSR count). The molecule has 1 N–H and O–H groups in total. The van der Waals surface area contributed by atoms with Crippen molar-refractivity contribution in [2.75, 3.05) is 0 Å². The summed E-state index contributed by atoms with van der Waals surface area (Å²) in [6.07, 6.45) is -0.305. The highest BCUT2D eigenvalue weighted by Gasteiger charge is 2.14. The van der Waals surface area contributed by atoms with Crippen molar-refractivity contribution in [3.63, 3.8) is 0 Å². The van der Waals surface area contributed by atoms with E-state index in [1.807, 2.05) is 49.4 Å². The third-order valence-electron chi connectivity index (χ3n) is 3.92. The van der Waals surface area contributed by atoms with Gasteiger partial charge in [0.25, 0.3) is 0 Å². The zero-order valence-electron chi connectivity index (χ0n) is 15.6. The lowest BCUT2D eigenvalue weighted by molar-refractivity contribution is 0.178. The Hall–Kier alpha value is -2.00. The molecule has 0 fully saturated rings. The molecular weight excluding hydrogens is 555 g/mol. The number of aryl methyl sites for hydroxylation is 1. The summed E-state index contributed by atoms with van der Waals surface area (Å²) in [6, 6.07) is 16.7. The molecule has 9 heteroatoms. The van der Waals surface area contributed by atoms with E-state index in [9.17, 15) is 5.11 Å². The fraction of sp³-hybridized carbons (Fsp3) is 0.143. The van der Waals surface area contributed by atoms with Crippen LogP contribution < -0.4 is 0 Å². The highest BCUT2D eigenvalue weighted by Crippen LogP contribution is 2.26. The molecule has 1 atom stereocenters. The van der Waals surface area contributed by atoms with Crippen LogP contribution in [0.25, 0.3) is 0 Å². The van der Waals surface area contributed by atoms with Crippen molar-refractivity contribution in [3.05, 3.63) is 89.8 Å². The van der Waals surface area contributed by atoms with Crippen molar-refractivity contribution >= 4 is 55.1 Å². The lowest BCUT2D eigenvalue weighted by Crippen LogP contribution is -2.03. The molecule has 30 heavy (non-hydrogen) atoms. The van der Waals surface area contributed by atoms with Crippen molar-refractivity contribution in [1.82, 2.24) is 9.97 Å². The molecule has 0 saturated heterocycles. The SMILES string of the molecule is Cc1cc(Br)c(C#N)nc1Cl.N#Cc1nc(Cl)c(CC(O)c2ccccc2)cc1Br. The molecule has 0 aliphatic heterocycles. The highest BCUT2D eigenvalue weighted by atomic mass is 79.9. The number of hydrogen-bond acceptors (Lipinski definition) is 5. The van der Waals surface area contributed by atoms with Crippen LogP contribution in [0.2, 0.25) is 10.3 Å². The van der Waals surface area contributed by atoms with Gasteiger partial charge in [0, 0.05) is 6.42 Å². The number of aliphatic hydroxyl groups is 1. The predicted octanol–water partition coefficient (Wildman–Crippen LogP) is 6.32. The Kier molecular flexibility index (Phi) is 9.23. The van der Waals surface area contributed by atoms with E-state index in [0.717, 1.165) is 11.1 Å². The Morgan fingerprint density at radius 2 is 1.50 bits per heavy atom. The van der Waals surface area contributed by atoms with Gasteiger partial charge in [-0.2, -0.15) is 10.5 Å². The van der Waals surface area contributed by atoms with E-state index in [-0.39, 0.29) is 10.8 Å². The summed E-state index contributed by atoms with van der Waals surface area (Å²) in [6.45, 7) is 1.83. The van der Waals surface area contributed by atoms with Crippen molar-refractivity contribution in [2.24, 2.45) is 0 Å². The fourth-order valence-corrected chi connectivity index (χ4v) is 3.69. The van der Waals surface area contributed by atoms with Crippen molar-refractivity contribution in [2.45, 2.75) is 19.4 Å². The topological polar surface area (TPSA) is 93.6 Å². The number of hydrogen-bond donors (Lipinski definition) is 1. The summed E-state index contributed by atoms with van der Waals surface area (Å²) < 4.78 is 1.26. The van der Waals surface area contributed by atoms with E-state index in [2.05, 4.69) is 41.8 Å². The number of nitriles is 2. The molecular formula is C21H14Br2Cl2N4O. The number of nitrogens with zero attached hydrogens (tertiary/aromatic N) is 4. The molecule has 0 aliphatic carbocycles. The maximum atomic E-state index is 10.1. The molecule has 0 amide bonds. The summed E-state index contributed by atoms with van der Waals surface area (Å²) in [4.78, 5) is 7.83. The second kappa shape index (κ2) is 11.4. The van der Waals surface area contributed by atoms with Gasteiger partial charge >= 0.3 is 0 Å². The third kappa shape index (κ3) is 6.50. The number of pyridine rings is 2. The van der Waals surface area contributed by atoms with Crippen molar-refractivity contribution in [3.8, 4) is 12.1 Å². The number of halogens is 4. The molecule has 2 aromatic heterocycles. The number of aromatic nitrogens is 2. The zero-order valence-corrected chi connectivity index (χ0v) is 20.3. The van der Waals surface area contributed by atoms with E-state index < -0.39 is 6.10 Å². The first-order valence-electron chi connectivity index (χ1n) is 8.47. The van der Waals surface area contributed by atoms with Gasteiger partial charge in [-0.25, -0.2) is 9.97 Å². The maximum Gasteiger partial charge on any atom is 0.156 e. The largest absolute Gasteiger partial charge is 0.388 e. The Morgan fingerprint density at radius 1 is 0.967 bits per heavy atom. The first kappa shape index (κ1) is 24.3. The van der Waals surface area contributed by atoms with Gasteiger partial charge in [0.15, 0.2) is 11.4 Å². The van der Waals surface area contributed by atoms with Crippen molar-refractivity contribution < 1.29 is 5.11 Å². The predicted molar refractivity (Wildman–Crippen MR) is 123 cm³/mol. The molecule has 1 aromatic carbocycles. The van der Waals surface area contributed by atoms with Crippen LogP contribution in [-0.4, -0.2) is 15.1 Å². The molecule has 0 radical (unpaired) electrons. The van der Waals surface area contributed by atoms with Gasteiger partial charge < -0.3 is 5.11 Å². The van der Waals surface area contributed by atoms with E-state index >= 15 is 0 Å². The molecule has 2 heterocycles. The van der Waals surface area contributed by atoms with E-state index in [4.69, 9.17) is 33.7 Å². The summed E-state index contributed by atoms with van der Waals surface area (Å²) in [7, 11) is 0. The summed E-state index contributed by atoms with van der Waals surface area (Å²) >= 11 is 18.2. The number of aliphatic hydroxyl groups excluding tert-OH is 1. The number of rotatable bonds is 3. The normalized spacial score (nSPS) is 10.9. The molecule has 0 bridgehead atoms. The fourth-order valence-electron chi connectivity index (χ4n) is 2.36. The Morgan fingerprint density at radius 3 is 2.07 bits per heavy atom. The minimum absolute atomic E-state index is 0.239. The molecule has 5 nitrogen and oxygen atoms in total. The van der Waals surface area contributed by atoms with Crippen molar-refractivity contribution in [1.29, 1.82) is 10.5 Å². The molecule has 0 aliphatic rings. The zero-order chi connectivity index (χ0) is 22.3. The number of benzene rings is 1. The lowest BCUT2D eigenvalue weighted by atomic mass is 10.0. The average Bonchev–Trinajstić information content (AvgIpc) is 2.74. The Bertz CT molecular complexity index is 1130. The van der Waals surface area contributed by atoms with Gasteiger partial charge in [0.2, 0.25) is 0 Å². The second-order valence-electron chi connectivity index (χ2n) is 6.05. The van der Waals surface area contributed by atoms with Crippen LogP contribution in [0.3, 0.4) is 0 Å². The summed E-state index contributed by atoms with van der Waals surface area (Å²) in [5.41, 5.74) is 2.93. The van der Waals surface area contributed by atoms with Crippen LogP contribution in [0.1, 0.15) is 34.2 Å². The maximum absolute atomic E-state index is 10.1. The smallest absolute Gasteiger partial charge is 0.156 e. The highest BCUT2D eigenvalue weighted by molar-refractivity contribution is 9.10.